The van der Waals surface area contributed by atoms with Gasteiger partial charge in [-0.05, 0) is 44.0 Å². The van der Waals surface area contributed by atoms with Gasteiger partial charge in [0.25, 0.3) is 5.91 Å². The van der Waals surface area contributed by atoms with Crippen LogP contribution in [-0.2, 0) is 16.3 Å². The van der Waals surface area contributed by atoms with E-state index in [1.165, 1.54) is 11.3 Å². The van der Waals surface area contributed by atoms with Crippen molar-refractivity contribution in [1.82, 2.24) is 9.88 Å². The van der Waals surface area contributed by atoms with Gasteiger partial charge in [0.1, 0.15) is 15.6 Å². The predicted octanol–water partition coefficient (Wildman–Crippen LogP) is 3.03. The third kappa shape index (κ3) is 4.32. The van der Waals surface area contributed by atoms with Crippen molar-refractivity contribution in [3.05, 3.63) is 34.8 Å². The van der Waals surface area contributed by atoms with Gasteiger partial charge in [0, 0.05) is 18.7 Å². The zero-order chi connectivity index (χ0) is 19.6. The molecule has 3 rings (SSSR count). The summed E-state index contributed by atoms with van der Waals surface area (Å²) in [7, 11) is -1.35. The van der Waals surface area contributed by atoms with E-state index in [9.17, 15) is 13.2 Å². The molecule has 0 aliphatic carbocycles. The Hall–Kier alpha value is -1.93. The second-order valence-electron chi connectivity index (χ2n) is 6.58. The summed E-state index contributed by atoms with van der Waals surface area (Å²) in [4.78, 5) is 19.8. The fraction of sp³-hybridized carbons (Fsp3) is 0.474. The van der Waals surface area contributed by atoms with E-state index in [0.29, 0.717) is 24.3 Å². The van der Waals surface area contributed by atoms with Gasteiger partial charge in [-0.1, -0.05) is 6.92 Å². The lowest BCUT2D eigenvalue weighted by atomic mass is 10.2. The van der Waals surface area contributed by atoms with Gasteiger partial charge in [0.2, 0.25) is 0 Å². The smallest absolute Gasteiger partial charge is 0.265 e. The molecule has 0 spiro atoms. The van der Waals surface area contributed by atoms with E-state index in [4.69, 9.17) is 4.74 Å². The third-order valence-corrected chi connectivity index (χ3v) is 7.60. The number of amides is 1. The number of hydrogen-bond donors (Lipinski definition) is 0. The Bertz CT molecular complexity index is 920. The molecule has 6 nitrogen and oxygen atoms in total. The average Bonchev–Trinajstić information content (AvgIpc) is 3.24. The van der Waals surface area contributed by atoms with Crippen LogP contribution in [0.15, 0.2) is 24.3 Å². The fourth-order valence-corrected chi connectivity index (χ4v) is 6.07. The number of benzene rings is 1. The number of aromatic nitrogens is 1. The van der Waals surface area contributed by atoms with Crippen LogP contribution in [-0.4, -0.2) is 55.4 Å². The van der Waals surface area contributed by atoms with E-state index in [2.05, 4.69) is 4.98 Å². The van der Waals surface area contributed by atoms with Gasteiger partial charge in [-0.15, -0.1) is 11.3 Å². The van der Waals surface area contributed by atoms with E-state index >= 15 is 0 Å². The summed E-state index contributed by atoms with van der Waals surface area (Å²) in [5, 5.41) is 0.783. The van der Waals surface area contributed by atoms with Crippen molar-refractivity contribution in [3.63, 3.8) is 0 Å². The molecule has 2 heterocycles. The molecular weight excluding hydrogens is 384 g/mol. The average molecular weight is 409 g/mol. The number of thiazole rings is 1. The van der Waals surface area contributed by atoms with Gasteiger partial charge in [-0.2, -0.15) is 0 Å². The molecule has 1 aliphatic rings. The van der Waals surface area contributed by atoms with Crippen LogP contribution in [0.2, 0.25) is 0 Å². The van der Waals surface area contributed by atoms with Crippen molar-refractivity contribution in [2.24, 2.45) is 0 Å². The maximum atomic E-state index is 13.0. The summed E-state index contributed by atoms with van der Waals surface area (Å²) in [5.41, 5.74) is 1.69. The molecule has 1 aromatic carbocycles. The minimum absolute atomic E-state index is 0.0429. The molecule has 0 radical (unpaired) electrons. The monoisotopic (exact) mass is 408 g/mol. The quantitative estimate of drug-likeness (QED) is 0.734. The molecule has 1 aliphatic heterocycles. The number of sulfone groups is 1. The second kappa shape index (κ2) is 7.98. The van der Waals surface area contributed by atoms with E-state index < -0.39 is 9.84 Å². The Morgan fingerprint density at radius 2 is 2.00 bits per heavy atom. The SMILES string of the molecule is CCOc1ccc(-c2nc(CC)c(C(=O)N(C)C3CCS(=O)(=O)C3)s2)cc1. The van der Waals surface area contributed by atoms with Gasteiger partial charge in [-0.25, -0.2) is 13.4 Å². The molecule has 1 saturated heterocycles. The minimum atomic E-state index is -3.04. The van der Waals surface area contributed by atoms with Crippen molar-refractivity contribution in [3.8, 4) is 16.3 Å². The highest BCUT2D eigenvalue weighted by Crippen LogP contribution is 2.31. The zero-order valence-electron chi connectivity index (χ0n) is 15.8. The van der Waals surface area contributed by atoms with Gasteiger partial charge in [0.05, 0.1) is 23.8 Å². The maximum Gasteiger partial charge on any atom is 0.265 e. The summed E-state index contributed by atoms with van der Waals surface area (Å²) in [6, 6.07) is 7.39. The Balaban J connectivity index is 1.84. The van der Waals surface area contributed by atoms with Crippen LogP contribution >= 0.6 is 11.3 Å². The molecule has 27 heavy (non-hydrogen) atoms. The molecule has 1 unspecified atom stereocenters. The molecule has 146 valence electrons. The summed E-state index contributed by atoms with van der Waals surface area (Å²) in [6.45, 7) is 4.51. The van der Waals surface area contributed by atoms with E-state index in [0.717, 1.165) is 22.0 Å². The Kier molecular flexibility index (Phi) is 5.86. The van der Waals surface area contributed by atoms with Crippen molar-refractivity contribution < 1.29 is 17.9 Å². The van der Waals surface area contributed by atoms with Crippen LogP contribution in [0, 0.1) is 0 Å². The van der Waals surface area contributed by atoms with Crippen molar-refractivity contribution in [2.45, 2.75) is 32.7 Å². The van der Waals surface area contributed by atoms with Crippen LogP contribution in [0.4, 0.5) is 0 Å². The summed E-state index contributed by atoms with van der Waals surface area (Å²) < 4.78 is 28.9. The highest BCUT2D eigenvalue weighted by atomic mass is 32.2. The molecular formula is C19H24N2O4S2. The molecule has 1 amide bonds. The number of aryl methyl sites for hydroxylation is 1. The van der Waals surface area contributed by atoms with Crippen molar-refractivity contribution in [1.29, 1.82) is 0 Å². The molecule has 0 bridgehead atoms. The Morgan fingerprint density at radius 3 is 2.56 bits per heavy atom. The topological polar surface area (TPSA) is 76.6 Å². The molecule has 2 aromatic rings. The Labute approximate surface area is 164 Å². The number of nitrogens with zero attached hydrogens (tertiary/aromatic N) is 2. The maximum absolute atomic E-state index is 13.0. The third-order valence-electron chi connectivity index (χ3n) is 4.72. The number of hydrogen-bond acceptors (Lipinski definition) is 6. The van der Waals surface area contributed by atoms with Crippen LogP contribution in [0.25, 0.3) is 10.6 Å². The molecule has 0 saturated carbocycles. The van der Waals surface area contributed by atoms with Crippen molar-refractivity contribution in [2.75, 3.05) is 25.2 Å². The van der Waals surface area contributed by atoms with Crippen LogP contribution < -0.4 is 4.74 Å². The van der Waals surface area contributed by atoms with E-state index in [1.54, 1.807) is 11.9 Å². The normalized spacial score (nSPS) is 18.4. The first-order chi connectivity index (χ1) is 12.8. The summed E-state index contributed by atoms with van der Waals surface area (Å²) >= 11 is 1.36. The van der Waals surface area contributed by atoms with E-state index in [1.807, 2.05) is 38.1 Å². The lowest BCUT2D eigenvalue weighted by Gasteiger charge is -2.23. The number of carbonyl (C=O) groups excluding carboxylic acids is 1. The van der Waals surface area contributed by atoms with Gasteiger partial charge in [-0.3, -0.25) is 4.79 Å². The molecule has 1 fully saturated rings. The van der Waals surface area contributed by atoms with Crippen LogP contribution in [0.5, 0.6) is 5.75 Å². The highest BCUT2D eigenvalue weighted by molar-refractivity contribution is 7.91. The molecule has 8 heteroatoms. The zero-order valence-corrected chi connectivity index (χ0v) is 17.4. The first kappa shape index (κ1) is 19.8. The molecule has 1 aromatic heterocycles. The molecule has 0 N–H and O–H groups in total. The Morgan fingerprint density at radius 1 is 1.30 bits per heavy atom. The molecule has 1 atom stereocenters. The minimum Gasteiger partial charge on any atom is -0.494 e. The predicted molar refractivity (Wildman–Crippen MR) is 107 cm³/mol. The largest absolute Gasteiger partial charge is 0.494 e. The van der Waals surface area contributed by atoms with E-state index in [-0.39, 0.29) is 23.5 Å². The highest BCUT2D eigenvalue weighted by Gasteiger charge is 2.34. The van der Waals surface area contributed by atoms with Gasteiger partial charge in [0.15, 0.2) is 9.84 Å². The number of carbonyl (C=O) groups is 1. The summed E-state index contributed by atoms with van der Waals surface area (Å²) in [6.07, 6.45) is 1.14. The standard InChI is InChI=1S/C19H24N2O4S2/c1-4-16-17(19(22)21(3)14-10-11-27(23,24)12-14)26-18(20-16)13-6-8-15(9-7-13)25-5-2/h6-9,14H,4-5,10-12H2,1-3H3. The second-order valence-corrected chi connectivity index (χ2v) is 9.81. The first-order valence-electron chi connectivity index (χ1n) is 9.05. The lowest BCUT2D eigenvalue weighted by Crippen LogP contribution is -2.37. The number of ether oxygens (including phenoxy) is 1. The summed E-state index contributed by atoms with van der Waals surface area (Å²) in [5.74, 6) is 0.840. The first-order valence-corrected chi connectivity index (χ1v) is 11.7. The van der Waals surface area contributed by atoms with Crippen molar-refractivity contribution >= 4 is 27.1 Å². The van der Waals surface area contributed by atoms with Gasteiger partial charge < -0.3 is 9.64 Å². The van der Waals surface area contributed by atoms with Crippen LogP contribution in [0.1, 0.15) is 35.6 Å². The van der Waals surface area contributed by atoms with Crippen LogP contribution in [0.3, 0.4) is 0 Å². The number of rotatable bonds is 6. The van der Waals surface area contributed by atoms with Gasteiger partial charge >= 0.3 is 0 Å². The fourth-order valence-electron chi connectivity index (χ4n) is 3.15. The lowest BCUT2D eigenvalue weighted by molar-refractivity contribution is 0.0751.